The van der Waals surface area contributed by atoms with Gasteiger partial charge in [-0.1, -0.05) is 57.9 Å². The molecule has 0 heterocycles. The van der Waals surface area contributed by atoms with Gasteiger partial charge in [0, 0.05) is 12.0 Å². The van der Waals surface area contributed by atoms with E-state index < -0.39 is 0 Å². The summed E-state index contributed by atoms with van der Waals surface area (Å²) in [7, 11) is 1.60. The van der Waals surface area contributed by atoms with Crippen LogP contribution >= 0.6 is 0 Å². The zero-order valence-electron chi connectivity index (χ0n) is 16.0. The van der Waals surface area contributed by atoms with Gasteiger partial charge in [0.15, 0.2) is 11.5 Å². The lowest BCUT2D eigenvalue weighted by Crippen LogP contribution is -2.16. The van der Waals surface area contributed by atoms with Crippen molar-refractivity contribution in [2.75, 3.05) is 7.11 Å². The second-order valence-electron chi connectivity index (χ2n) is 6.56. The van der Waals surface area contributed by atoms with Crippen molar-refractivity contribution >= 4 is 6.29 Å². The van der Waals surface area contributed by atoms with Gasteiger partial charge in [-0.2, -0.15) is 0 Å². The van der Waals surface area contributed by atoms with Crippen molar-refractivity contribution in [1.82, 2.24) is 0 Å². The predicted molar refractivity (Wildman–Crippen MR) is 105 cm³/mol. The van der Waals surface area contributed by atoms with Crippen molar-refractivity contribution in [3.63, 3.8) is 0 Å². The number of carbonyl (C=O) groups is 1. The second kappa shape index (κ2) is 13.5. The molecule has 0 fully saturated rings. The van der Waals surface area contributed by atoms with E-state index in [2.05, 4.69) is 13.5 Å². The van der Waals surface area contributed by atoms with Crippen LogP contribution in [0.3, 0.4) is 0 Å². The van der Waals surface area contributed by atoms with Crippen LogP contribution in [0, 0.1) is 0 Å². The zero-order chi connectivity index (χ0) is 18.3. The van der Waals surface area contributed by atoms with Crippen LogP contribution in [0.15, 0.2) is 30.9 Å². The Kier molecular flexibility index (Phi) is 11.5. The van der Waals surface area contributed by atoms with E-state index >= 15 is 0 Å². The quantitative estimate of drug-likeness (QED) is 0.210. The zero-order valence-corrected chi connectivity index (χ0v) is 16.0. The Bertz CT molecular complexity index is 496. The van der Waals surface area contributed by atoms with Gasteiger partial charge in [0.05, 0.1) is 7.11 Å². The first kappa shape index (κ1) is 21.3. The van der Waals surface area contributed by atoms with Crippen molar-refractivity contribution in [3.8, 4) is 11.5 Å². The number of unbranched alkanes of at least 4 members (excludes halogenated alkanes) is 7. The molecule has 0 N–H and O–H groups in total. The number of hydrogen-bond donors (Lipinski definition) is 0. The van der Waals surface area contributed by atoms with Gasteiger partial charge in [0.1, 0.15) is 12.4 Å². The van der Waals surface area contributed by atoms with Crippen LogP contribution < -0.4 is 9.47 Å². The molecule has 3 nitrogen and oxygen atoms in total. The first-order chi connectivity index (χ1) is 12.2. The second-order valence-corrected chi connectivity index (χ2v) is 6.56. The fourth-order valence-corrected chi connectivity index (χ4v) is 2.95. The van der Waals surface area contributed by atoms with Gasteiger partial charge < -0.3 is 9.47 Å². The maximum atomic E-state index is 10.9. The average Bonchev–Trinajstić information content (AvgIpc) is 2.64. The molecule has 1 atom stereocenters. The highest BCUT2D eigenvalue weighted by molar-refractivity contribution is 5.76. The summed E-state index contributed by atoms with van der Waals surface area (Å²) < 4.78 is 11.5. The van der Waals surface area contributed by atoms with Crippen LogP contribution in [0.1, 0.15) is 81.5 Å². The van der Waals surface area contributed by atoms with Gasteiger partial charge in [0.25, 0.3) is 0 Å². The molecule has 0 radical (unpaired) electrons. The molecule has 1 aromatic rings. The summed E-state index contributed by atoms with van der Waals surface area (Å²) in [5, 5.41) is 0. The molecule has 0 aromatic heterocycles. The lowest BCUT2D eigenvalue weighted by atomic mass is 10.0. The van der Waals surface area contributed by atoms with Crippen LogP contribution in [0.4, 0.5) is 0 Å². The monoisotopic (exact) mass is 346 g/mol. The normalized spacial score (nSPS) is 11.8. The van der Waals surface area contributed by atoms with Gasteiger partial charge in [-0.05, 0) is 31.0 Å². The highest BCUT2D eigenvalue weighted by Crippen LogP contribution is 2.30. The van der Waals surface area contributed by atoms with Gasteiger partial charge in [-0.25, -0.2) is 0 Å². The van der Waals surface area contributed by atoms with E-state index in [9.17, 15) is 4.79 Å². The van der Waals surface area contributed by atoms with Crippen LogP contribution in [0.5, 0.6) is 11.5 Å². The fraction of sp³-hybridized carbons (Fsp3) is 0.591. The third-order valence-electron chi connectivity index (χ3n) is 4.43. The molecule has 3 heteroatoms. The number of benzene rings is 1. The molecular formula is C22H34O3. The SMILES string of the molecule is C=CCC(CCCCCCCCCC)Oc1ccc(C=O)cc1OC. The molecule has 1 aromatic carbocycles. The lowest BCUT2D eigenvalue weighted by molar-refractivity contribution is 0.112. The molecule has 25 heavy (non-hydrogen) atoms. The summed E-state index contributed by atoms with van der Waals surface area (Å²) in [6.45, 7) is 6.09. The van der Waals surface area contributed by atoms with Gasteiger partial charge in [-0.15, -0.1) is 6.58 Å². The molecule has 0 amide bonds. The number of aldehydes is 1. The molecular weight excluding hydrogens is 312 g/mol. The molecule has 0 aliphatic rings. The van der Waals surface area contributed by atoms with Crippen molar-refractivity contribution in [1.29, 1.82) is 0 Å². The van der Waals surface area contributed by atoms with E-state index in [0.29, 0.717) is 17.1 Å². The average molecular weight is 347 g/mol. The minimum Gasteiger partial charge on any atom is -0.493 e. The molecule has 0 aliphatic heterocycles. The molecule has 0 spiro atoms. The molecule has 0 aliphatic carbocycles. The number of ether oxygens (including phenoxy) is 2. The van der Waals surface area contributed by atoms with E-state index in [-0.39, 0.29) is 6.10 Å². The topological polar surface area (TPSA) is 35.5 Å². The standard InChI is InChI=1S/C22H34O3/c1-4-6-7-8-9-10-11-12-14-20(13-5-2)25-21-16-15-19(18-23)17-22(21)24-3/h5,15-18,20H,2,4,6-14H2,1,3H3. The molecule has 140 valence electrons. The van der Waals surface area contributed by atoms with Crippen molar-refractivity contribution < 1.29 is 14.3 Å². The minimum atomic E-state index is 0.105. The van der Waals surface area contributed by atoms with Crippen LogP contribution in [-0.2, 0) is 0 Å². The van der Waals surface area contributed by atoms with E-state index in [1.165, 1.54) is 51.4 Å². The van der Waals surface area contributed by atoms with Crippen LogP contribution in [0.2, 0.25) is 0 Å². The van der Waals surface area contributed by atoms with Crippen LogP contribution in [-0.4, -0.2) is 19.5 Å². The summed E-state index contributed by atoms with van der Waals surface area (Å²) in [6, 6.07) is 5.28. The van der Waals surface area contributed by atoms with Crippen LogP contribution in [0.25, 0.3) is 0 Å². The minimum absolute atomic E-state index is 0.105. The molecule has 1 rings (SSSR count). The Morgan fingerprint density at radius 1 is 1.04 bits per heavy atom. The number of rotatable bonds is 15. The van der Waals surface area contributed by atoms with E-state index in [0.717, 1.165) is 19.1 Å². The smallest absolute Gasteiger partial charge is 0.161 e. The predicted octanol–water partition coefficient (Wildman–Crippen LogP) is 6.36. The summed E-state index contributed by atoms with van der Waals surface area (Å²) in [6.07, 6.45) is 15.1. The summed E-state index contributed by atoms with van der Waals surface area (Å²) in [4.78, 5) is 10.9. The maximum absolute atomic E-state index is 10.9. The molecule has 0 saturated heterocycles. The summed E-state index contributed by atoms with van der Waals surface area (Å²) in [5.41, 5.74) is 0.590. The van der Waals surface area contributed by atoms with E-state index in [4.69, 9.17) is 9.47 Å². The maximum Gasteiger partial charge on any atom is 0.161 e. The largest absolute Gasteiger partial charge is 0.493 e. The Balaban J connectivity index is 2.41. The van der Waals surface area contributed by atoms with Crippen molar-refractivity contribution in [2.24, 2.45) is 0 Å². The lowest BCUT2D eigenvalue weighted by Gasteiger charge is -2.19. The van der Waals surface area contributed by atoms with E-state index in [1.807, 2.05) is 12.1 Å². The molecule has 1 unspecified atom stereocenters. The Labute approximate surface area is 153 Å². The van der Waals surface area contributed by atoms with Gasteiger partial charge in [-0.3, -0.25) is 4.79 Å². The van der Waals surface area contributed by atoms with Gasteiger partial charge >= 0.3 is 0 Å². The highest BCUT2D eigenvalue weighted by Gasteiger charge is 2.13. The third-order valence-corrected chi connectivity index (χ3v) is 4.43. The van der Waals surface area contributed by atoms with E-state index in [1.54, 1.807) is 19.2 Å². The molecule has 0 saturated carbocycles. The van der Waals surface area contributed by atoms with Crippen molar-refractivity contribution in [3.05, 3.63) is 36.4 Å². The molecule has 0 bridgehead atoms. The summed E-state index contributed by atoms with van der Waals surface area (Å²) in [5.74, 6) is 1.30. The number of carbonyl (C=O) groups excluding carboxylic acids is 1. The third kappa shape index (κ3) is 8.76. The first-order valence-corrected chi connectivity index (χ1v) is 9.65. The van der Waals surface area contributed by atoms with Crippen molar-refractivity contribution in [2.45, 2.75) is 77.2 Å². The Hall–Kier alpha value is -1.77. The number of methoxy groups -OCH3 is 1. The fourth-order valence-electron chi connectivity index (χ4n) is 2.95. The first-order valence-electron chi connectivity index (χ1n) is 9.65. The summed E-state index contributed by atoms with van der Waals surface area (Å²) >= 11 is 0. The number of hydrogen-bond acceptors (Lipinski definition) is 3. The van der Waals surface area contributed by atoms with Gasteiger partial charge in [0.2, 0.25) is 0 Å². The Morgan fingerprint density at radius 2 is 1.72 bits per heavy atom. The highest BCUT2D eigenvalue weighted by atomic mass is 16.5. The Morgan fingerprint density at radius 3 is 2.32 bits per heavy atom.